The van der Waals surface area contributed by atoms with Gasteiger partial charge in [-0.25, -0.2) is 0 Å². The number of rotatable bonds is 37. The smallest absolute Gasteiger partial charge is 0.303 e. The quantitative estimate of drug-likeness (QED) is 0.0156. The molecule has 0 aromatic heterocycles. The number of hydrogen-bond donors (Lipinski definition) is 2. The molecule has 51 nitrogen and oxygen atoms in total. The third-order valence-electron chi connectivity index (χ3n) is 17.5. The van der Waals surface area contributed by atoms with E-state index >= 15 is 0 Å². The highest BCUT2D eigenvalue weighted by Gasteiger charge is 2.61. The molecule has 123 heavy (non-hydrogen) atoms. The van der Waals surface area contributed by atoms with E-state index in [4.69, 9.17) is 143 Å². The van der Waals surface area contributed by atoms with Gasteiger partial charge in [-0.05, 0) is 5.53 Å². The molecular formula is C72H99N3O48. The second-order valence-electron chi connectivity index (χ2n) is 27.7. The fourth-order valence-corrected chi connectivity index (χ4v) is 13.5. The van der Waals surface area contributed by atoms with E-state index in [1.54, 1.807) is 0 Å². The van der Waals surface area contributed by atoms with Gasteiger partial charge in [0.15, 0.2) is 135 Å². The van der Waals surface area contributed by atoms with E-state index in [-0.39, 0.29) is 6.54 Å². The average molecular weight is 1770 g/mol. The maximum Gasteiger partial charge on any atom is 0.303 e. The molecule has 6 aliphatic heterocycles. The minimum atomic E-state index is -2.26. The Bertz CT molecular complexity index is 3800. The summed E-state index contributed by atoms with van der Waals surface area (Å²) in [6.07, 6.45) is -58.4. The van der Waals surface area contributed by atoms with Crippen molar-refractivity contribution in [2.45, 2.75) is 302 Å². The van der Waals surface area contributed by atoms with Gasteiger partial charge < -0.3 is 148 Å². The molecule has 0 amide bonds. The molecule has 6 saturated heterocycles. The van der Waals surface area contributed by atoms with Crippen molar-refractivity contribution in [2.75, 3.05) is 52.8 Å². The summed E-state index contributed by atoms with van der Waals surface area (Å²) in [6, 6.07) is 0. The van der Waals surface area contributed by atoms with E-state index in [9.17, 15) is 91.7 Å². The summed E-state index contributed by atoms with van der Waals surface area (Å²) in [6.45, 7) is 8.92. The summed E-state index contributed by atoms with van der Waals surface area (Å²) in [7, 11) is 0. The SMILES string of the molecule is CC(=O)OCC1O[C@@H](OCC2OC(OC[C@H]3O[C@@H](OCC4OC(OC[C@H]5O[C@@H](OCC6O[C@@H](OCCN=[N+]=[N-])[C@H](OC(C)=O)C(OC(C)=O)[C@@H]6OC(C)=O)C(OC(C)=O)[C@@H](OC(C)=O)C5OC(C)=O)[C@H](OC(C)=O)C(OC(C)=O)[C@@H]4OC(C)=O)C(OC(C)=O)[C@@H](O)C3OC(C)=O)[C@H](OC(C)=O)C(OC(C)=O)[C@@H]2OC(C)=O)C(OC(C)=O)[C@@H](O)C1OC(C)=O. The molecule has 0 saturated carbocycles. The third kappa shape index (κ3) is 30.6. The molecular weight excluding hydrogens is 1670 g/mol. The lowest BCUT2D eigenvalue weighted by atomic mass is 9.96. The number of aliphatic hydroxyl groups is 2. The van der Waals surface area contributed by atoms with Gasteiger partial charge >= 0.3 is 101 Å². The van der Waals surface area contributed by atoms with Gasteiger partial charge in [-0.3, -0.25) is 81.5 Å². The molecule has 6 rings (SSSR count). The van der Waals surface area contributed by atoms with Crippen molar-refractivity contribution in [1.82, 2.24) is 0 Å². The largest absolute Gasteiger partial charge is 0.463 e. The summed E-state index contributed by atoms with van der Waals surface area (Å²) in [5, 5.41) is 27.3. The Morgan fingerprint density at radius 1 is 0.236 bits per heavy atom. The zero-order chi connectivity index (χ0) is 91.7. The van der Waals surface area contributed by atoms with Crippen LogP contribution in [-0.2, 0) is 219 Å². The Morgan fingerprint density at radius 3 is 0.618 bits per heavy atom. The Hall–Kier alpha value is -10.3. The van der Waals surface area contributed by atoms with Gasteiger partial charge in [0.05, 0.1) is 39.6 Å². The maximum atomic E-state index is 13.3. The van der Waals surface area contributed by atoms with Crippen molar-refractivity contribution in [3.8, 4) is 0 Å². The summed E-state index contributed by atoms with van der Waals surface area (Å²) < 4.78 is 169. The summed E-state index contributed by atoms with van der Waals surface area (Å²) in [5.41, 5.74) is 8.95. The Kier molecular flexibility index (Phi) is 39.3. The van der Waals surface area contributed by atoms with Gasteiger partial charge in [-0.2, -0.15) is 0 Å². The lowest BCUT2D eigenvalue weighted by Gasteiger charge is -2.47. The van der Waals surface area contributed by atoms with Crippen molar-refractivity contribution in [3.05, 3.63) is 10.4 Å². The molecule has 0 radical (unpaired) electrons. The van der Waals surface area contributed by atoms with Crippen molar-refractivity contribution in [3.63, 3.8) is 0 Å². The van der Waals surface area contributed by atoms with Crippen LogP contribution in [0.1, 0.15) is 118 Å². The van der Waals surface area contributed by atoms with Crippen LogP contribution in [0.4, 0.5) is 0 Å². The van der Waals surface area contributed by atoms with Crippen LogP contribution in [0.2, 0.25) is 0 Å². The van der Waals surface area contributed by atoms with E-state index < -0.39 is 332 Å². The van der Waals surface area contributed by atoms with Gasteiger partial charge in [-0.15, -0.1) is 0 Å². The van der Waals surface area contributed by atoms with Crippen LogP contribution in [-0.4, -0.2) is 349 Å². The number of azide groups is 1. The van der Waals surface area contributed by atoms with E-state index in [0.29, 0.717) is 0 Å². The van der Waals surface area contributed by atoms with Crippen molar-refractivity contribution >= 4 is 101 Å². The monoisotopic (exact) mass is 1770 g/mol. The number of carbonyl (C=O) groups is 17. The molecule has 51 heteroatoms. The first kappa shape index (κ1) is 102. The molecule has 15 unspecified atom stereocenters. The second-order valence-corrected chi connectivity index (χ2v) is 27.7. The molecule has 2 N–H and O–H groups in total. The van der Waals surface area contributed by atoms with E-state index in [0.717, 1.165) is 118 Å². The van der Waals surface area contributed by atoms with Crippen LogP contribution >= 0.6 is 0 Å². The number of ether oxygens (including phenoxy) is 29. The molecule has 0 spiro atoms. The minimum Gasteiger partial charge on any atom is -0.463 e. The van der Waals surface area contributed by atoms with Gasteiger partial charge in [0.2, 0.25) is 0 Å². The lowest BCUT2D eigenvalue weighted by Crippen LogP contribution is -2.66. The van der Waals surface area contributed by atoms with Gasteiger partial charge in [0, 0.05) is 129 Å². The average Bonchev–Trinajstić information content (AvgIpc) is 0.783. The molecule has 0 bridgehead atoms. The molecule has 6 heterocycles. The molecule has 30 atom stereocenters. The summed E-state index contributed by atoms with van der Waals surface area (Å²) >= 11 is 0. The minimum absolute atomic E-state index is 0.345. The van der Waals surface area contributed by atoms with E-state index in [1.807, 2.05) is 0 Å². The predicted molar refractivity (Wildman–Crippen MR) is 379 cm³/mol. The Morgan fingerprint density at radius 2 is 0.407 bits per heavy atom. The number of hydrogen-bond acceptors (Lipinski definition) is 49. The highest BCUT2D eigenvalue weighted by molar-refractivity contribution is 5.73. The van der Waals surface area contributed by atoms with Crippen LogP contribution in [0.3, 0.4) is 0 Å². The molecule has 0 aromatic carbocycles. The maximum absolute atomic E-state index is 13.3. The molecule has 0 aliphatic carbocycles. The number of carbonyl (C=O) groups excluding carboxylic acids is 17. The summed E-state index contributed by atoms with van der Waals surface area (Å²) in [5.74, 6) is -18.4. The topological polar surface area (TPSA) is 647 Å². The van der Waals surface area contributed by atoms with Crippen LogP contribution < -0.4 is 0 Å². The molecule has 0 aromatic rings. The van der Waals surface area contributed by atoms with Gasteiger partial charge in [0.1, 0.15) is 55.4 Å². The third-order valence-corrected chi connectivity index (χ3v) is 17.5. The Balaban J connectivity index is 1.41. The zero-order valence-corrected chi connectivity index (χ0v) is 69.5. The predicted octanol–water partition coefficient (Wildman–Crippen LogP) is -3.06. The van der Waals surface area contributed by atoms with E-state index in [2.05, 4.69) is 10.0 Å². The fraction of sp³-hybridized carbons (Fsp3) is 0.764. The zero-order valence-electron chi connectivity index (χ0n) is 69.5. The number of nitrogens with zero attached hydrogens (tertiary/aromatic N) is 3. The van der Waals surface area contributed by atoms with Crippen molar-refractivity contribution < 1.29 is 229 Å². The van der Waals surface area contributed by atoms with Crippen LogP contribution in [0, 0.1) is 0 Å². The van der Waals surface area contributed by atoms with Gasteiger partial charge in [0.25, 0.3) is 0 Å². The molecule has 690 valence electrons. The van der Waals surface area contributed by atoms with Crippen LogP contribution in [0.25, 0.3) is 10.4 Å². The van der Waals surface area contributed by atoms with Crippen molar-refractivity contribution in [1.29, 1.82) is 0 Å². The van der Waals surface area contributed by atoms with Crippen molar-refractivity contribution in [2.24, 2.45) is 5.11 Å². The molecule has 6 fully saturated rings. The summed E-state index contributed by atoms with van der Waals surface area (Å²) in [4.78, 5) is 222. The highest BCUT2D eigenvalue weighted by Crippen LogP contribution is 2.39. The standard InChI is InChI=1S/C72H99N3O48/c1-26(76)96-20-43-51(102-27(2)77)49(93)57(108-33(8)83)67(118-43)97-22-46-54(105-30(5)80)60(111-36(11)86)64(115-40(15)90)70(121-46)99-21-44-52(103-28(3)78)50(94)58(109-34(9)84)68(119-44)98-23-47-55(106-31(6)81)61(112-37(12)87)65(116-41(16)91)72(122-47)101-25-48-56(107-32(7)82)62(113-38(13)88)66(117-42(17)92)71(123-48)100-24-45-53(104-29(4)79)59(110-35(10)85)63(114-39(14)89)69(120-45)95-19-18-74-75-73/h43-72,93-94H,18-25H2,1-17H3/t43?,44-,45?,46?,47?,48-,49+,50+,51?,52?,53-,54-,55-,56?,57?,58?,59?,60?,61?,62+,63-,64-,65-,66?,67-,68-,69-,70?,71-,72?/m1/s1. The van der Waals surface area contributed by atoms with Crippen LogP contribution in [0.15, 0.2) is 5.11 Å². The fourth-order valence-electron chi connectivity index (χ4n) is 13.5. The lowest BCUT2D eigenvalue weighted by molar-refractivity contribution is -0.354. The number of aliphatic hydroxyl groups excluding tert-OH is 2. The van der Waals surface area contributed by atoms with Crippen LogP contribution in [0.5, 0.6) is 0 Å². The first-order valence-corrected chi connectivity index (χ1v) is 37.7. The number of esters is 17. The first-order chi connectivity index (χ1) is 57.8. The second kappa shape index (κ2) is 47.6. The Labute approximate surface area is 698 Å². The van der Waals surface area contributed by atoms with E-state index in [1.165, 1.54) is 0 Å². The highest BCUT2D eigenvalue weighted by atomic mass is 16.8. The normalized spacial score (nSPS) is 33.3. The van der Waals surface area contributed by atoms with Gasteiger partial charge in [-0.1, -0.05) is 5.11 Å². The first-order valence-electron chi connectivity index (χ1n) is 37.7. The molecule has 6 aliphatic rings.